The highest BCUT2D eigenvalue weighted by Crippen LogP contribution is 2.40. The first-order chi connectivity index (χ1) is 9.82. The summed E-state index contributed by atoms with van der Waals surface area (Å²) >= 11 is 0. The van der Waals surface area contributed by atoms with Crippen LogP contribution in [-0.2, 0) is 14.3 Å². The maximum atomic E-state index is 12.8. The molecule has 4 amide bonds. The highest BCUT2D eigenvalue weighted by Gasteiger charge is 2.54. The van der Waals surface area contributed by atoms with Gasteiger partial charge in [0.25, 0.3) is 0 Å². The minimum absolute atomic E-state index is 0.153. The van der Waals surface area contributed by atoms with E-state index in [1.807, 2.05) is 20.8 Å². The molecule has 118 valence electrons. The average molecular weight is 296 g/mol. The van der Waals surface area contributed by atoms with E-state index >= 15 is 0 Å². The zero-order chi connectivity index (χ0) is 15.7. The molecular formula is C15H24N2O4. The summed E-state index contributed by atoms with van der Waals surface area (Å²) in [5.41, 5.74) is -1.67. The lowest BCUT2D eigenvalue weighted by molar-refractivity contribution is -0.156. The van der Waals surface area contributed by atoms with Gasteiger partial charge in [-0.2, -0.15) is 0 Å². The lowest BCUT2D eigenvalue weighted by atomic mass is 9.71. The van der Waals surface area contributed by atoms with Crippen molar-refractivity contribution in [2.75, 3.05) is 13.2 Å². The van der Waals surface area contributed by atoms with Gasteiger partial charge >= 0.3 is 6.03 Å². The third-order valence-electron chi connectivity index (χ3n) is 4.34. The number of amides is 4. The molecule has 1 spiro atoms. The minimum atomic E-state index is -1.05. The lowest BCUT2D eigenvalue weighted by Crippen LogP contribution is -2.66. The zero-order valence-corrected chi connectivity index (χ0v) is 13.0. The third kappa shape index (κ3) is 2.95. The van der Waals surface area contributed by atoms with Crippen LogP contribution in [0.15, 0.2) is 0 Å². The van der Waals surface area contributed by atoms with E-state index in [4.69, 9.17) is 4.74 Å². The third-order valence-corrected chi connectivity index (χ3v) is 4.34. The topological polar surface area (TPSA) is 75.7 Å². The van der Waals surface area contributed by atoms with Crippen LogP contribution in [0.1, 0.15) is 52.9 Å². The normalized spacial score (nSPS) is 22.6. The second-order valence-corrected chi connectivity index (χ2v) is 6.49. The Hall–Kier alpha value is -1.43. The largest absolute Gasteiger partial charge is 0.374 e. The fraction of sp³-hybridized carbons (Fsp3) is 0.800. The van der Waals surface area contributed by atoms with Crippen molar-refractivity contribution in [2.45, 2.75) is 58.5 Å². The van der Waals surface area contributed by atoms with Crippen LogP contribution in [-0.4, -0.2) is 41.5 Å². The number of nitrogens with zero attached hydrogens (tertiary/aromatic N) is 1. The summed E-state index contributed by atoms with van der Waals surface area (Å²) in [5, 5.41) is 2.36. The quantitative estimate of drug-likeness (QED) is 0.803. The van der Waals surface area contributed by atoms with Crippen LogP contribution in [0.25, 0.3) is 0 Å². The average Bonchev–Trinajstić information content (AvgIpc) is 2.43. The van der Waals surface area contributed by atoms with Gasteiger partial charge in [-0.05, 0) is 33.6 Å². The molecule has 1 saturated heterocycles. The standard InChI is InChI=1S/C15H24N2O4/c1-4-21-14(2,3)10-17-12(19)15(8-6-5-7-9-15)11(18)16-13(17)20/h4-10H2,1-3H3,(H,16,18,20). The van der Waals surface area contributed by atoms with E-state index in [1.165, 1.54) is 0 Å². The SMILES string of the molecule is CCOC(C)(C)CN1C(=O)NC(=O)C2(CCCCC2)C1=O. The van der Waals surface area contributed by atoms with Crippen molar-refractivity contribution in [2.24, 2.45) is 5.41 Å². The number of ether oxygens (including phenoxy) is 1. The monoisotopic (exact) mass is 296 g/mol. The first-order valence-electron chi connectivity index (χ1n) is 7.64. The Morgan fingerprint density at radius 1 is 1.19 bits per heavy atom. The Morgan fingerprint density at radius 3 is 2.38 bits per heavy atom. The van der Waals surface area contributed by atoms with Crippen molar-refractivity contribution in [3.05, 3.63) is 0 Å². The predicted octanol–water partition coefficient (Wildman–Crippen LogP) is 1.83. The molecule has 0 radical (unpaired) electrons. The van der Waals surface area contributed by atoms with Crippen molar-refractivity contribution in [1.29, 1.82) is 0 Å². The second kappa shape index (κ2) is 5.75. The number of barbiturate groups is 1. The van der Waals surface area contributed by atoms with Crippen LogP contribution >= 0.6 is 0 Å². The molecule has 2 rings (SSSR count). The molecular weight excluding hydrogens is 272 g/mol. The summed E-state index contributed by atoms with van der Waals surface area (Å²) in [4.78, 5) is 38.2. The second-order valence-electron chi connectivity index (χ2n) is 6.49. The first-order valence-corrected chi connectivity index (χ1v) is 7.64. The Bertz CT molecular complexity index is 453. The van der Waals surface area contributed by atoms with E-state index in [0.717, 1.165) is 24.2 Å². The van der Waals surface area contributed by atoms with Crippen molar-refractivity contribution in [3.8, 4) is 0 Å². The fourth-order valence-electron chi connectivity index (χ4n) is 3.29. The Labute approximate surface area is 125 Å². The van der Waals surface area contributed by atoms with Gasteiger partial charge in [-0.1, -0.05) is 19.3 Å². The molecule has 0 aromatic carbocycles. The van der Waals surface area contributed by atoms with Crippen molar-refractivity contribution in [3.63, 3.8) is 0 Å². The van der Waals surface area contributed by atoms with Gasteiger partial charge in [0.1, 0.15) is 5.41 Å². The van der Waals surface area contributed by atoms with E-state index in [9.17, 15) is 14.4 Å². The molecule has 0 unspecified atom stereocenters. The number of hydrogen-bond acceptors (Lipinski definition) is 4. The van der Waals surface area contributed by atoms with Crippen molar-refractivity contribution >= 4 is 17.8 Å². The van der Waals surface area contributed by atoms with Gasteiger partial charge in [0.2, 0.25) is 11.8 Å². The van der Waals surface area contributed by atoms with Gasteiger partial charge in [-0.25, -0.2) is 4.79 Å². The van der Waals surface area contributed by atoms with Gasteiger partial charge in [-0.15, -0.1) is 0 Å². The molecule has 0 aromatic rings. The van der Waals surface area contributed by atoms with Crippen molar-refractivity contribution < 1.29 is 19.1 Å². The molecule has 0 aromatic heterocycles. The van der Waals surface area contributed by atoms with Crippen LogP contribution in [0, 0.1) is 5.41 Å². The molecule has 1 heterocycles. The summed E-state index contributed by atoms with van der Waals surface area (Å²) in [6, 6.07) is -0.631. The van der Waals surface area contributed by atoms with Crippen LogP contribution in [0.4, 0.5) is 4.79 Å². The Balaban J connectivity index is 2.23. The molecule has 1 aliphatic heterocycles. The molecule has 0 atom stereocenters. The van der Waals surface area contributed by atoms with Gasteiger partial charge in [0.15, 0.2) is 0 Å². The number of nitrogens with one attached hydrogen (secondary N) is 1. The molecule has 2 aliphatic rings. The molecule has 2 fully saturated rings. The number of rotatable bonds is 4. The number of imide groups is 2. The molecule has 1 saturated carbocycles. The summed E-state index contributed by atoms with van der Waals surface area (Å²) in [6.45, 7) is 6.19. The highest BCUT2D eigenvalue weighted by atomic mass is 16.5. The maximum Gasteiger partial charge on any atom is 0.330 e. The van der Waals surface area contributed by atoms with Crippen LogP contribution in [0.3, 0.4) is 0 Å². The molecule has 21 heavy (non-hydrogen) atoms. The molecule has 0 bridgehead atoms. The minimum Gasteiger partial charge on any atom is -0.374 e. The first kappa shape index (κ1) is 15.9. The van der Waals surface area contributed by atoms with Gasteiger partial charge < -0.3 is 4.74 Å². The predicted molar refractivity (Wildman–Crippen MR) is 76.5 cm³/mol. The van der Waals surface area contributed by atoms with E-state index < -0.39 is 23.0 Å². The van der Waals surface area contributed by atoms with Crippen molar-refractivity contribution in [1.82, 2.24) is 10.2 Å². The van der Waals surface area contributed by atoms with Gasteiger partial charge in [0.05, 0.1) is 12.1 Å². The molecule has 6 nitrogen and oxygen atoms in total. The number of hydrogen-bond donors (Lipinski definition) is 1. The summed E-state index contributed by atoms with van der Waals surface area (Å²) in [6.07, 6.45) is 3.76. The maximum absolute atomic E-state index is 12.8. The zero-order valence-electron chi connectivity index (χ0n) is 13.0. The van der Waals surface area contributed by atoms with Crippen LogP contribution < -0.4 is 5.32 Å². The van der Waals surface area contributed by atoms with Gasteiger partial charge in [0, 0.05) is 6.61 Å². The molecule has 1 N–H and O–H groups in total. The summed E-state index contributed by atoms with van der Waals surface area (Å²) in [5.74, 6) is -0.786. The highest BCUT2D eigenvalue weighted by molar-refractivity contribution is 6.19. The van der Waals surface area contributed by atoms with E-state index in [0.29, 0.717) is 19.4 Å². The van der Waals surface area contributed by atoms with Crippen LogP contribution in [0.2, 0.25) is 0 Å². The number of carbonyl (C=O) groups excluding carboxylic acids is 3. The molecule has 1 aliphatic carbocycles. The smallest absolute Gasteiger partial charge is 0.330 e. The molecule has 6 heteroatoms. The summed E-state index contributed by atoms with van der Waals surface area (Å²) < 4.78 is 5.57. The number of urea groups is 1. The lowest BCUT2D eigenvalue weighted by Gasteiger charge is -2.43. The number of carbonyl (C=O) groups is 3. The Morgan fingerprint density at radius 2 is 1.81 bits per heavy atom. The Kier molecular flexibility index (Phi) is 4.37. The summed E-state index contributed by atoms with van der Waals surface area (Å²) in [7, 11) is 0. The van der Waals surface area contributed by atoms with Gasteiger partial charge in [-0.3, -0.25) is 19.8 Å². The van der Waals surface area contributed by atoms with E-state index in [-0.39, 0.29) is 12.5 Å². The van der Waals surface area contributed by atoms with E-state index in [2.05, 4.69) is 5.32 Å². The fourth-order valence-corrected chi connectivity index (χ4v) is 3.29. The van der Waals surface area contributed by atoms with Crippen LogP contribution in [0.5, 0.6) is 0 Å². The van der Waals surface area contributed by atoms with E-state index in [1.54, 1.807) is 0 Å².